The number of carbonyl (C=O) groups is 1. The van der Waals surface area contributed by atoms with Gasteiger partial charge in [-0.1, -0.05) is 37.8 Å². The van der Waals surface area contributed by atoms with Crippen molar-refractivity contribution in [2.45, 2.75) is 52.8 Å². The highest BCUT2D eigenvalue weighted by Crippen LogP contribution is 2.18. The first-order chi connectivity index (χ1) is 17.7. The van der Waals surface area contributed by atoms with E-state index in [-0.39, 0.29) is 17.9 Å². The van der Waals surface area contributed by atoms with Gasteiger partial charge in [-0.05, 0) is 62.5 Å². The van der Waals surface area contributed by atoms with Crippen LogP contribution in [0.4, 0.5) is 8.78 Å². The van der Waals surface area contributed by atoms with Gasteiger partial charge in [0.2, 0.25) is 0 Å². The Morgan fingerprint density at radius 1 is 1.22 bits per heavy atom. The third kappa shape index (κ3) is 6.83. The molecule has 2 heterocycles. The Balaban J connectivity index is 2.24. The van der Waals surface area contributed by atoms with Crippen molar-refractivity contribution in [2.24, 2.45) is 0 Å². The van der Waals surface area contributed by atoms with Crippen LogP contribution in [0.2, 0.25) is 0 Å². The van der Waals surface area contributed by atoms with Gasteiger partial charge in [0.05, 0.1) is 5.35 Å². The number of likely N-dealkylation sites (tertiary alicyclic amines) is 1. The summed E-state index contributed by atoms with van der Waals surface area (Å²) in [5.74, 6) is -1.55. The molecule has 1 amide bonds. The highest BCUT2D eigenvalue weighted by molar-refractivity contribution is 5.98. The summed E-state index contributed by atoms with van der Waals surface area (Å²) in [6.07, 6.45) is 6.02. The van der Waals surface area contributed by atoms with Crippen molar-refractivity contribution >= 4 is 23.6 Å². The lowest BCUT2D eigenvalue weighted by atomic mass is 10.0. The van der Waals surface area contributed by atoms with Crippen LogP contribution in [0.25, 0.3) is 17.7 Å². The van der Waals surface area contributed by atoms with Gasteiger partial charge in [0, 0.05) is 37.1 Å². The largest absolute Gasteiger partial charge is 0.506 e. The molecule has 0 atom stereocenters. The first-order valence-electron chi connectivity index (χ1n) is 12.6. The average molecular weight is 512 g/mol. The average Bonchev–Trinajstić information content (AvgIpc) is 2.85. The number of piperidine rings is 1. The second kappa shape index (κ2) is 12.6. The molecule has 0 radical (unpaired) electrons. The van der Waals surface area contributed by atoms with Gasteiger partial charge in [-0.2, -0.15) is 0 Å². The SMILES string of the molecule is C=C(C)NC(=O)c1c(O)c(=C/C(=C\C)c2ccc(F)cc2)/c(=C/CC)n(CCN2CCC(F)CC2)c1=O. The van der Waals surface area contributed by atoms with E-state index in [0.29, 0.717) is 66.3 Å². The summed E-state index contributed by atoms with van der Waals surface area (Å²) in [6.45, 7) is 10.9. The summed E-state index contributed by atoms with van der Waals surface area (Å²) in [5, 5.41) is 14.6. The molecule has 3 rings (SSSR count). The van der Waals surface area contributed by atoms with Gasteiger partial charge in [0.1, 0.15) is 23.3 Å². The van der Waals surface area contributed by atoms with Crippen molar-refractivity contribution in [2.75, 3.05) is 19.6 Å². The number of hydrogen-bond acceptors (Lipinski definition) is 4. The fourth-order valence-electron chi connectivity index (χ4n) is 4.48. The molecule has 0 saturated carbocycles. The third-order valence-corrected chi connectivity index (χ3v) is 6.41. The molecular formula is C29H35F2N3O3. The summed E-state index contributed by atoms with van der Waals surface area (Å²) in [6, 6.07) is 5.94. The molecule has 0 unspecified atom stereocenters. The quantitative estimate of drug-likeness (QED) is 0.569. The highest BCUT2D eigenvalue weighted by atomic mass is 19.1. The van der Waals surface area contributed by atoms with Crippen molar-refractivity contribution in [3.05, 3.63) is 80.5 Å². The summed E-state index contributed by atoms with van der Waals surface area (Å²) >= 11 is 0. The van der Waals surface area contributed by atoms with Crippen molar-refractivity contribution in [3.63, 3.8) is 0 Å². The summed E-state index contributed by atoms with van der Waals surface area (Å²) in [4.78, 5) is 28.7. The number of pyridine rings is 1. The van der Waals surface area contributed by atoms with Crippen LogP contribution in [-0.2, 0) is 6.54 Å². The van der Waals surface area contributed by atoms with Crippen molar-refractivity contribution < 1.29 is 18.7 Å². The van der Waals surface area contributed by atoms with Crippen LogP contribution in [0, 0.1) is 5.82 Å². The standard InChI is InChI=1S/C29H35F2N3O3/c1-5-7-25-24(18-20(6-2)21-8-10-22(30)11-9-21)27(35)26(28(36)32-19(3)4)29(37)34(25)17-16-33-14-12-23(31)13-15-33/h6-11,18,23,35H,3,5,12-17H2,1-2,4H3,(H,32,36)/b20-6+,24-18+,25-7-. The van der Waals surface area contributed by atoms with E-state index in [1.165, 1.54) is 16.7 Å². The highest BCUT2D eigenvalue weighted by Gasteiger charge is 2.23. The molecule has 8 heteroatoms. The number of aromatic hydroxyl groups is 1. The normalized spacial score (nSPS) is 16.3. The van der Waals surface area contributed by atoms with Crippen molar-refractivity contribution in [3.8, 4) is 5.75 Å². The molecule has 1 aliphatic heterocycles. The van der Waals surface area contributed by atoms with E-state index < -0.39 is 23.4 Å². The zero-order chi connectivity index (χ0) is 27.1. The van der Waals surface area contributed by atoms with E-state index in [1.807, 2.05) is 26.0 Å². The maximum atomic E-state index is 13.6. The van der Waals surface area contributed by atoms with Gasteiger partial charge < -0.3 is 19.9 Å². The smallest absolute Gasteiger partial charge is 0.267 e. The predicted molar refractivity (Wildman–Crippen MR) is 144 cm³/mol. The molecule has 1 aromatic heterocycles. The lowest BCUT2D eigenvalue weighted by Gasteiger charge is -2.28. The zero-order valence-corrected chi connectivity index (χ0v) is 21.7. The van der Waals surface area contributed by atoms with Gasteiger partial charge in [0.15, 0.2) is 0 Å². The molecular weight excluding hydrogens is 476 g/mol. The third-order valence-electron chi connectivity index (χ3n) is 6.41. The summed E-state index contributed by atoms with van der Waals surface area (Å²) < 4.78 is 28.6. The number of nitrogens with zero attached hydrogens (tertiary/aromatic N) is 2. The van der Waals surface area contributed by atoms with Crippen molar-refractivity contribution in [1.82, 2.24) is 14.8 Å². The van der Waals surface area contributed by atoms with Crippen LogP contribution in [0.5, 0.6) is 5.75 Å². The molecule has 2 N–H and O–H groups in total. The Kier molecular flexibility index (Phi) is 9.58. The molecule has 2 aromatic rings. The Labute approximate surface area is 215 Å². The number of hydrogen-bond donors (Lipinski definition) is 2. The molecule has 0 spiro atoms. The van der Waals surface area contributed by atoms with E-state index in [2.05, 4.69) is 16.8 Å². The zero-order valence-electron chi connectivity index (χ0n) is 21.7. The van der Waals surface area contributed by atoms with E-state index in [1.54, 1.807) is 25.1 Å². The number of allylic oxidation sites excluding steroid dienone is 3. The minimum atomic E-state index is -0.805. The van der Waals surface area contributed by atoms with Gasteiger partial charge in [0.25, 0.3) is 11.5 Å². The summed E-state index contributed by atoms with van der Waals surface area (Å²) in [5.41, 5.74) is 0.740. The molecule has 37 heavy (non-hydrogen) atoms. The van der Waals surface area contributed by atoms with Gasteiger partial charge >= 0.3 is 0 Å². The topological polar surface area (TPSA) is 74.6 Å². The minimum Gasteiger partial charge on any atom is -0.506 e. The molecule has 1 saturated heterocycles. The van der Waals surface area contributed by atoms with Gasteiger partial charge in [-0.15, -0.1) is 0 Å². The van der Waals surface area contributed by atoms with Crippen LogP contribution >= 0.6 is 0 Å². The van der Waals surface area contributed by atoms with Crippen LogP contribution in [0.1, 0.15) is 56.0 Å². The van der Waals surface area contributed by atoms with Crippen LogP contribution in [0.3, 0.4) is 0 Å². The molecule has 0 aliphatic carbocycles. The number of alkyl halides is 1. The number of amides is 1. The van der Waals surface area contributed by atoms with E-state index in [0.717, 1.165) is 0 Å². The maximum Gasteiger partial charge on any atom is 0.267 e. The number of aromatic nitrogens is 1. The monoisotopic (exact) mass is 511 g/mol. The lowest BCUT2D eigenvalue weighted by Crippen LogP contribution is -2.49. The molecule has 1 fully saturated rings. The number of rotatable bonds is 8. The van der Waals surface area contributed by atoms with E-state index in [4.69, 9.17) is 0 Å². The Morgan fingerprint density at radius 3 is 2.43 bits per heavy atom. The first kappa shape index (κ1) is 28.1. The Bertz CT molecular complexity index is 1350. The van der Waals surface area contributed by atoms with E-state index in [9.17, 15) is 23.5 Å². The second-order valence-electron chi connectivity index (χ2n) is 9.24. The summed E-state index contributed by atoms with van der Waals surface area (Å²) in [7, 11) is 0. The number of benzene rings is 1. The predicted octanol–water partition coefficient (Wildman–Crippen LogP) is 3.46. The van der Waals surface area contributed by atoms with Crippen LogP contribution in [-0.4, -0.2) is 46.3 Å². The molecule has 1 aromatic carbocycles. The van der Waals surface area contributed by atoms with Gasteiger partial charge in [-0.3, -0.25) is 9.59 Å². The maximum absolute atomic E-state index is 13.6. The Hall–Kier alpha value is -3.52. The van der Waals surface area contributed by atoms with Crippen LogP contribution in [0.15, 0.2) is 47.4 Å². The number of nitrogens with one attached hydrogen (secondary N) is 1. The number of halogens is 2. The lowest BCUT2D eigenvalue weighted by molar-refractivity contribution is 0.0960. The minimum absolute atomic E-state index is 0.262. The fraction of sp³-hybridized carbons (Fsp3) is 0.379. The molecule has 1 aliphatic rings. The van der Waals surface area contributed by atoms with Crippen LogP contribution < -0.4 is 21.4 Å². The fourth-order valence-corrected chi connectivity index (χ4v) is 4.48. The second-order valence-corrected chi connectivity index (χ2v) is 9.24. The van der Waals surface area contributed by atoms with E-state index >= 15 is 0 Å². The first-order valence-corrected chi connectivity index (χ1v) is 12.6. The number of carbonyl (C=O) groups excluding carboxylic acids is 1. The van der Waals surface area contributed by atoms with Crippen molar-refractivity contribution in [1.29, 1.82) is 0 Å². The Morgan fingerprint density at radius 2 is 1.86 bits per heavy atom. The molecule has 198 valence electrons. The molecule has 0 bridgehead atoms. The van der Waals surface area contributed by atoms with Gasteiger partial charge in [-0.25, -0.2) is 8.78 Å². The molecule has 6 nitrogen and oxygen atoms in total.